The lowest BCUT2D eigenvalue weighted by atomic mass is 10.2. The molecule has 0 atom stereocenters. The summed E-state index contributed by atoms with van der Waals surface area (Å²) in [6.45, 7) is 3.02. The highest BCUT2D eigenvalue weighted by Crippen LogP contribution is 2.15. The second-order valence-electron chi connectivity index (χ2n) is 3.46. The van der Waals surface area contributed by atoms with Gasteiger partial charge in [-0.05, 0) is 24.6 Å². The molecular formula is C12H18BrNO2. The van der Waals surface area contributed by atoms with Crippen molar-refractivity contribution < 1.29 is 9.84 Å². The van der Waals surface area contributed by atoms with Crippen molar-refractivity contribution in [1.82, 2.24) is 5.32 Å². The van der Waals surface area contributed by atoms with Crippen LogP contribution in [-0.4, -0.2) is 31.5 Å². The fourth-order valence-electron chi connectivity index (χ4n) is 1.33. The molecule has 0 aliphatic heterocycles. The van der Waals surface area contributed by atoms with Crippen LogP contribution in [-0.2, 0) is 11.3 Å². The third kappa shape index (κ3) is 5.61. The number of hydrogen-bond acceptors (Lipinski definition) is 3. The Bertz CT molecular complexity index is 294. The topological polar surface area (TPSA) is 41.5 Å². The summed E-state index contributed by atoms with van der Waals surface area (Å²) in [5.74, 6) is 0. The molecule has 16 heavy (non-hydrogen) atoms. The molecule has 0 unspecified atom stereocenters. The van der Waals surface area contributed by atoms with Gasteiger partial charge in [0.15, 0.2) is 0 Å². The highest BCUT2D eigenvalue weighted by Gasteiger charge is 1.96. The summed E-state index contributed by atoms with van der Waals surface area (Å²) < 4.78 is 6.30. The Hall–Kier alpha value is -0.420. The summed E-state index contributed by atoms with van der Waals surface area (Å²) in [4.78, 5) is 0. The minimum Gasteiger partial charge on any atom is -0.394 e. The monoisotopic (exact) mass is 287 g/mol. The maximum absolute atomic E-state index is 8.50. The van der Waals surface area contributed by atoms with Gasteiger partial charge in [0.1, 0.15) is 0 Å². The van der Waals surface area contributed by atoms with Crippen molar-refractivity contribution in [2.45, 2.75) is 13.0 Å². The van der Waals surface area contributed by atoms with Crippen LogP contribution in [0.5, 0.6) is 0 Å². The molecule has 0 radical (unpaired) electrons. The molecular weight excluding hydrogens is 270 g/mol. The summed E-state index contributed by atoms with van der Waals surface area (Å²) in [5.41, 5.74) is 1.26. The summed E-state index contributed by atoms with van der Waals surface area (Å²) in [5, 5.41) is 11.8. The molecule has 0 aliphatic carbocycles. The van der Waals surface area contributed by atoms with Crippen molar-refractivity contribution >= 4 is 15.9 Å². The summed E-state index contributed by atoms with van der Waals surface area (Å²) in [7, 11) is 0. The van der Waals surface area contributed by atoms with Crippen molar-refractivity contribution in [3.8, 4) is 0 Å². The van der Waals surface area contributed by atoms with E-state index in [1.165, 1.54) is 5.56 Å². The minimum atomic E-state index is 0.102. The Kier molecular flexibility index (Phi) is 7.42. The Morgan fingerprint density at radius 2 is 2.06 bits per heavy atom. The second-order valence-corrected chi connectivity index (χ2v) is 4.31. The van der Waals surface area contributed by atoms with E-state index >= 15 is 0 Å². The van der Waals surface area contributed by atoms with E-state index in [1.54, 1.807) is 0 Å². The number of aliphatic hydroxyl groups is 1. The van der Waals surface area contributed by atoms with Crippen LogP contribution in [0.25, 0.3) is 0 Å². The van der Waals surface area contributed by atoms with E-state index in [1.807, 2.05) is 18.2 Å². The molecule has 0 heterocycles. The van der Waals surface area contributed by atoms with Crippen molar-refractivity contribution in [3.05, 3.63) is 34.3 Å². The average molecular weight is 288 g/mol. The smallest absolute Gasteiger partial charge is 0.0697 e. The molecule has 1 rings (SSSR count). The normalized spacial score (nSPS) is 10.6. The molecule has 0 spiro atoms. The number of hydrogen-bond donors (Lipinski definition) is 2. The lowest BCUT2D eigenvalue weighted by molar-refractivity contribution is 0.0907. The number of rotatable bonds is 8. The number of nitrogens with one attached hydrogen (secondary N) is 1. The highest BCUT2D eigenvalue weighted by atomic mass is 79.9. The van der Waals surface area contributed by atoms with Gasteiger partial charge < -0.3 is 15.2 Å². The largest absolute Gasteiger partial charge is 0.394 e. The minimum absolute atomic E-state index is 0.102. The van der Waals surface area contributed by atoms with Crippen LogP contribution >= 0.6 is 15.9 Å². The zero-order valence-electron chi connectivity index (χ0n) is 9.29. The predicted octanol–water partition coefficient (Wildman–Crippen LogP) is 1.94. The van der Waals surface area contributed by atoms with E-state index in [-0.39, 0.29) is 6.61 Å². The van der Waals surface area contributed by atoms with E-state index < -0.39 is 0 Å². The Labute approximate surface area is 105 Å². The molecule has 0 saturated carbocycles. The molecule has 4 heteroatoms. The first kappa shape index (κ1) is 13.6. The number of benzene rings is 1. The van der Waals surface area contributed by atoms with Crippen LogP contribution in [0.15, 0.2) is 28.7 Å². The molecule has 0 saturated heterocycles. The predicted molar refractivity (Wildman–Crippen MR) is 68.4 cm³/mol. The first-order valence-corrected chi connectivity index (χ1v) is 6.26. The lowest BCUT2D eigenvalue weighted by Gasteiger charge is -2.06. The fourth-order valence-corrected chi connectivity index (χ4v) is 1.76. The van der Waals surface area contributed by atoms with Crippen molar-refractivity contribution in [1.29, 1.82) is 0 Å². The van der Waals surface area contributed by atoms with Crippen LogP contribution in [0.4, 0.5) is 0 Å². The molecule has 2 N–H and O–H groups in total. The van der Waals surface area contributed by atoms with Gasteiger partial charge in [-0.1, -0.05) is 34.1 Å². The molecule has 0 amide bonds. The lowest BCUT2D eigenvalue weighted by Crippen LogP contribution is -2.17. The summed E-state index contributed by atoms with van der Waals surface area (Å²) >= 11 is 3.51. The molecule has 90 valence electrons. The second kappa shape index (κ2) is 8.70. The van der Waals surface area contributed by atoms with Gasteiger partial charge in [-0.15, -0.1) is 0 Å². The molecule has 0 aliphatic rings. The van der Waals surface area contributed by atoms with E-state index in [2.05, 4.69) is 27.3 Å². The van der Waals surface area contributed by atoms with Crippen LogP contribution in [0.1, 0.15) is 12.0 Å². The van der Waals surface area contributed by atoms with Gasteiger partial charge in [-0.3, -0.25) is 0 Å². The highest BCUT2D eigenvalue weighted by molar-refractivity contribution is 9.10. The summed E-state index contributed by atoms with van der Waals surface area (Å²) in [6, 6.07) is 8.18. The molecule has 3 nitrogen and oxygen atoms in total. The fraction of sp³-hybridized carbons (Fsp3) is 0.500. The van der Waals surface area contributed by atoms with E-state index in [9.17, 15) is 0 Å². The SMILES string of the molecule is OCCOCCCNCc1ccccc1Br. The Balaban J connectivity index is 2.05. The third-order valence-corrected chi connectivity index (χ3v) is 2.92. The van der Waals surface area contributed by atoms with Crippen molar-refractivity contribution in [3.63, 3.8) is 0 Å². The maximum atomic E-state index is 8.50. The average Bonchev–Trinajstić information content (AvgIpc) is 2.30. The molecule has 0 aromatic heterocycles. The molecule has 0 bridgehead atoms. The van der Waals surface area contributed by atoms with Crippen LogP contribution in [0, 0.1) is 0 Å². The maximum Gasteiger partial charge on any atom is 0.0697 e. The van der Waals surface area contributed by atoms with Gasteiger partial charge in [-0.2, -0.15) is 0 Å². The van der Waals surface area contributed by atoms with Gasteiger partial charge in [-0.25, -0.2) is 0 Å². The first-order valence-electron chi connectivity index (χ1n) is 5.47. The van der Waals surface area contributed by atoms with Crippen LogP contribution < -0.4 is 5.32 Å². The van der Waals surface area contributed by atoms with E-state index in [0.717, 1.165) is 24.0 Å². The van der Waals surface area contributed by atoms with Gasteiger partial charge in [0.2, 0.25) is 0 Å². The Morgan fingerprint density at radius 3 is 2.81 bits per heavy atom. The number of halogens is 1. The molecule has 1 aromatic rings. The zero-order chi connectivity index (χ0) is 11.6. The molecule has 0 fully saturated rings. The van der Waals surface area contributed by atoms with E-state index in [4.69, 9.17) is 9.84 Å². The first-order chi connectivity index (χ1) is 7.84. The molecule has 1 aromatic carbocycles. The summed E-state index contributed by atoms with van der Waals surface area (Å²) in [6.07, 6.45) is 0.963. The Morgan fingerprint density at radius 1 is 1.25 bits per heavy atom. The standard InChI is InChI=1S/C12H18BrNO2/c13-12-5-2-1-4-11(12)10-14-6-3-8-16-9-7-15/h1-2,4-5,14-15H,3,6-10H2. The van der Waals surface area contributed by atoms with Gasteiger partial charge in [0.25, 0.3) is 0 Å². The quantitative estimate of drug-likeness (QED) is 0.718. The number of ether oxygens (including phenoxy) is 1. The van der Waals surface area contributed by atoms with Gasteiger partial charge in [0.05, 0.1) is 13.2 Å². The van der Waals surface area contributed by atoms with Gasteiger partial charge >= 0.3 is 0 Å². The van der Waals surface area contributed by atoms with Crippen LogP contribution in [0.2, 0.25) is 0 Å². The van der Waals surface area contributed by atoms with Gasteiger partial charge in [0, 0.05) is 17.6 Å². The van der Waals surface area contributed by atoms with Crippen molar-refractivity contribution in [2.24, 2.45) is 0 Å². The number of aliphatic hydroxyl groups excluding tert-OH is 1. The zero-order valence-corrected chi connectivity index (χ0v) is 10.9. The van der Waals surface area contributed by atoms with Crippen molar-refractivity contribution in [2.75, 3.05) is 26.4 Å². The third-order valence-electron chi connectivity index (χ3n) is 2.15. The van der Waals surface area contributed by atoms with E-state index in [0.29, 0.717) is 13.2 Å². The van der Waals surface area contributed by atoms with Crippen LogP contribution in [0.3, 0.4) is 0 Å².